The van der Waals surface area contributed by atoms with Crippen molar-refractivity contribution in [3.63, 3.8) is 0 Å². The van der Waals surface area contributed by atoms with Gasteiger partial charge in [-0.15, -0.1) is 6.58 Å². The molecule has 1 radical (unpaired) electrons. The molecule has 0 atom stereocenters. The number of allylic oxidation sites excluding steroid dienone is 5. The maximum Gasteiger partial charge on any atom is 0.0915 e. The Bertz CT molecular complexity index is 287. The van der Waals surface area contributed by atoms with Crippen LogP contribution >= 0.6 is 0 Å². The Morgan fingerprint density at radius 1 is 1.75 bits per heavy atom. The smallest absolute Gasteiger partial charge is 0.0915 e. The molecule has 0 aliphatic heterocycles. The maximum absolute atomic E-state index is 8.51. The van der Waals surface area contributed by atoms with E-state index in [1.54, 1.807) is 6.08 Å². The fraction of sp³-hybridized carbons (Fsp3) is 0.273. The lowest BCUT2D eigenvalue weighted by molar-refractivity contribution is 1.18. The molecular weight excluding hydrogens is 146 g/mol. The Balaban J connectivity index is 2.90. The van der Waals surface area contributed by atoms with Crippen LogP contribution in [0.15, 0.2) is 35.5 Å². The molecule has 0 aromatic heterocycles. The molecule has 0 aromatic carbocycles. The van der Waals surface area contributed by atoms with E-state index in [9.17, 15) is 0 Å². The van der Waals surface area contributed by atoms with Gasteiger partial charge >= 0.3 is 0 Å². The van der Waals surface area contributed by atoms with Crippen LogP contribution < -0.4 is 0 Å². The predicted octanol–water partition coefficient (Wildman–Crippen LogP) is 2.94. The number of hydrogen-bond acceptors (Lipinski definition) is 1. The van der Waals surface area contributed by atoms with E-state index in [1.807, 2.05) is 6.08 Å². The monoisotopic (exact) mass is 158 g/mol. The van der Waals surface area contributed by atoms with Crippen molar-refractivity contribution in [1.82, 2.24) is 0 Å². The van der Waals surface area contributed by atoms with Crippen LogP contribution in [0.3, 0.4) is 0 Å². The number of nitriles is 1. The van der Waals surface area contributed by atoms with Crippen molar-refractivity contribution in [3.05, 3.63) is 41.9 Å². The summed E-state index contributed by atoms with van der Waals surface area (Å²) in [6, 6.07) is 2.07. The lowest BCUT2D eigenvalue weighted by atomic mass is 10.0. The molecule has 61 valence electrons. The van der Waals surface area contributed by atoms with Crippen molar-refractivity contribution in [1.29, 1.82) is 5.26 Å². The molecule has 1 rings (SSSR count). The number of nitrogens with zero attached hydrogens (tertiary/aromatic N) is 1. The fourth-order valence-corrected chi connectivity index (χ4v) is 1.42. The fourth-order valence-electron chi connectivity index (χ4n) is 1.42. The first kappa shape index (κ1) is 8.80. The Morgan fingerprint density at radius 2 is 2.50 bits per heavy atom. The zero-order valence-electron chi connectivity index (χ0n) is 7.30. The topological polar surface area (TPSA) is 23.8 Å². The lowest BCUT2D eigenvalue weighted by Crippen LogP contribution is -1.82. The molecule has 0 fully saturated rings. The molecule has 0 unspecified atom stereocenters. The summed E-state index contributed by atoms with van der Waals surface area (Å²) in [4.78, 5) is 0. The Hall–Kier alpha value is -1.29. The predicted molar refractivity (Wildman–Crippen MR) is 50.1 cm³/mol. The first-order chi connectivity index (χ1) is 5.79. The van der Waals surface area contributed by atoms with Crippen molar-refractivity contribution in [3.8, 4) is 6.07 Å². The molecule has 0 N–H and O–H groups in total. The Kier molecular flexibility index (Phi) is 2.88. The van der Waals surface area contributed by atoms with Crippen LogP contribution in [-0.2, 0) is 0 Å². The van der Waals surface area contributed by atoms with Crippen molar-refractivity contribution in [2.24, 2.45) is 0 Å². The quantitative estimate of drug-likeness (QED) is 0.447. The molecule has 0 amide bonds. The summed E-state index contributed by atoms with van der Waals surface area (Å²) in [5, 5.41) is 8.51. The minimum Gasteiger partial charge on any atom is -0.193 e. The summed E-state index contributed by atoms with van der Waals surface area (Å²) < 4.78 is 0. The van der Waals surface area contributed by atoms with Gasteiger partial charge in [-0.25, -0.2) is 0 Å². The van der Waals surface area contributed by atoms with Gasteiger partial charge in [0.15, 0.2) is 0 Å². The third-order valence-electron chi connectivity index (χ3n) is 2.08. The van der Waals surface area contributed by atoms with E-state index in [2.05, 4.69) is 26.0 Å². The van der Waals surface area contributed by atoms with Crippen LogP contribution in [0.1, 0.15) is 19.8 Å². The maximum atomic E-state index is 8.51. The minimum atomic E-state index is 0.871. The van der Waals surface area contributed by atoms with Crippen LogP contribution in [-0.4, -0.2) is 0 Å². The first-order valence-corrected chi connectivity index (χ1v) is 4.02. The molecule has 0 saturated heterocycles. The molecule has 1 nitrogen and oxygen atoms in total. The second-order valence-corrected chi connectivity index (χ2v) is 2.86. The number of rotatable bonds is 2. The van der Waals surface area contributed by atoms with E-state index in [4.69, 9.17) is 5.26 Å². The zero-order valence-corrected chi connectivity index (χ0v) is 7.30. The van der Waals surface area contributed by atoms with Crippen molar-refractivity contribution < 1.29 is 0 Å². The Labute approximate surface area is 73.7 Å². The van der Waals surface area contributed by atoms with E-state index in [-0.39, 0.29) is 0 Å². The zero-order chi connectivity index (χ0) is 8.97. The van der Waals surface area contributed by atoms with Crippen molar-refractivity contribution in [2.75, 3.05) is 0 Å². The third-order valence-corrected chi connectivity index (χ3v) is 2.08. The van der Waals surface area contributed by atoms with Gasteiger partial charge in [0.25, 0.3) is 0 Å². The van der Waals surface area contributed by atoms with Crippen LogP contribution in [0.5, 0.6) is 0 Å². The van der Waals surface area contributed by atoms with Gasteiger partial charge in [-0.1, -0.05) is 11.6 Å². The van der Waals surface area contributed by atoms with Gasteiger partial charge in [-0.3, -0.25) is 0 Å². The molecule has 1 aliphatic carbocycles. The van der Waals surface area contributed by atoms with E-state index in [0.29, 0.717) is 0 Å². The lowest BCUT2D eigenvalue weighted by Gasteiger charge is -2.00. The highest BCUT2D eigenvalue weighted by Gasteiger charge is 2.14. The van der Waals surface area contributed by atoms with Crippen LogP contribution in [0.4, 0.5) is 0 Å². The van der Waals surface area contributed by atoms with Gasteiger partial charge in [-0.05, 0) is 37.3 Å². The normalized spacial score (nSPS) is 19.8. The van der Waals surface area contributed by atoms with Crippen LogP contribution in [0.2, 0.25) is 0 Å². The summed E-state index contributed by atoms with van der Waals surface area (Å²) in [6.07, 6.45) is 7.44. The van der Waals surface area contributed by atoms with Crippen LogP contribution in [0, 0.1) is 17.8 Å². The third kappa shape index (κ3) is 1.65. The van der Waals surface area contributed by atoms with E-state index in [1.165, 1.54) is 11.1 Å². The first-order valence-electron chi connectivity index (χ1n) is 4.02. The highest BCUT2D eigenvalue weighted by molar-refractivity contribution is 5.48. The van der Waals surface area contributed by atoms with Crippen molar-refractivity contribution in [2.45, 2.75) is 19.8 Å². The molecule has 0 saturated carbocycles. The second-order valence-electron chi connectivity index (χ2n) is 2.86. The van der Waals surface area contributed by atoms with Gasteiger partial charge < -0.3 is 0 Å². The van der Waals surface area contributed by atoms with Gasteiger partial charge in [-0.2, -0.15) is 5.26 Å². The minimum absolute atomic E-state index is 0.871. The average molecular weight is 158 g/mol. The molecule has 0 aromatic rings. The molecule has 12 heavy (non-hydrogen) atoms. The summed E-state index contributed by atoms with van der Waals surface area (Å²) in [5.41, 5.74) is 3.71. The highest BCUT2D eigenvalue weighted by Crippen LogP contribution is 2.32. The van der Waals surface area contributed by atoms with Gasteiger partial charge in [0.05, 0.1) is 6.07 Å². The Morgan fingerprint density at radius 3 is 3.08 bits per heavy atom. The molecule has 0 spiro atoms. The van der Waals surface area contributed by atoms with E-state index < -0.39 is 0 Å². The largest absolute Gasteiger partial charge is 0.193 e. The average Bonchev–Trinajstić information content (AvgIpc) is 2.37. The molecule has 0 heterocycles. The molecular formula is C11H12N. The standard InChI is InChI=1S/C11H12N/c1-3-4-11-9(2)5-6-10(11)7-8-12/h3,5,7H,1,4,6H2,2H3. The molecule has 1 aliphatic rings. The van der Waals surface area contributed by atoms with Gasteiger partial charge in [0.1, 0.15) is 0 Å². The molecule has 0 bridgehead atoms. The molecule has 1 heteroatoms. The summed E-state index contributed by atoms with van der Waals surface area (Å²) in [7, 11) is 0. The van der Waals surface area contributed by atoms with Gasteiger partial charge in [0, 0.05) is 6.08 Å². The number of hydrogen-bond donors (Lipinski definition) is 0. The van der Waals surface area contributed by atoms with E-state index >= 15 is 0 Å². The van der Waals surface area contributed by atoms with E-state index in [0.717, 1.165) is 18.4 Å². The van der Waals surface area contributed by atoms with Crippen LogP contribution in [0.25, 0.3) is 0 Å². The highest BCUT2D eigenvalue weighted by atomic mass is 14.2. The summed E-state index contributed by atoms with van der Waals surface area (Å²) in [6.45, 7) is 5.78. The summed E-state index contributed by atoms with van der Waals surface area (Å²) in [5.74, 6) is 0. The SMILES string of the molecule is C=CCC1=C(C)[CH]CC1=CC#N. The summed E-state index contributed by atoms with van der Waals surface area (Å²) >= 11 is 0. The second kappa shape index (κ2) is 3.92. The van der Waals surface area contributed by atoms with Crippen molar-refractivity contribution >= 4 is 0 Å². The van der Waals surface area contributed by atoms with Gasteiger partial charge in [0.2, 0.25) is 0 Å².